The number of carbonyl (C=O) groups excluding carboxylic acids is 2. The van der Waals surface area contributed by atoms with Gasteiger partial charge in [-0.15, -0.1) is 0 Å². The Morgan fingerprint density at radius 2 is 1.91 bits per heavy atom. The summed E-state index contributed by atoms with van der Waals surface area (Å²) in [5.74, 6) is 0.0965. The fourth-order valence-electron chi connectivity index (χ4n) is 3.77. The number of nitriles is 1. The summed E-state index contributed by atoms with van der Waals surface area (Å²) in [5.41, 5.74) is 0. The van der Waals surface area contributed by atoms with Crippen LogP contribution in [-0.4, -0.2) is 42.8 Å². The molecule has 1 aliphatic heterocycles. The van der Waals surface area contributed by atoms with Gasteiger partial charge >= 0.3 is 12.1 Å². The molecule has 0 aromatic rings. The number of ether oxygens (including phenoxy) is 2. The molecule has 1 amide bonds. The third-order valence-corrected chi connectivity index (χ3v) is 4.74. The number of rotatable bonds is 3. The van der Waals surface area contributed by atoms with E-state index >= 15 is 0 Å². The summed E-state index contributed by atoms with van der Waals surface area (Å²) in [6.07, 6.45) is 2.75. The number of hydrogen-bond donors (Lipinski definition) is 0. The van der Waals surface area contributed by atoms with Gasteiger partial charge in [-0.2, -0.15) is 5.26 Å². The molecule has 0 aromatic heterocycles. The van der Waals surface area contributed by atoms with Gasteiger partial charge in [0.25, 0.3) is 0 Å². The van der Waals surface area contributed by atoms with Gasteiger partial charge in [0.15, 0.2) is 0 Å². The lowest BCUT2D eigenvalue weighted by Crippen LogP contribution is -2.57. The SMILES string of the molecule is CCOC(=O)C1C2CCC(C#N)CC2CCN1C(=O)OCC. The quantitative estimate of drug-likeness (QED) is 0.748. The van der Waals surface area contributed by atoms with Crippen LogP contribution >= 0.6 is 0 Å². The van der Waals surface area contributed by atoms with Crippen molar-refractivity contribution in [2.24, 2.45) is 17.8 Å². The van der Waals surface area contributed by atoms with Crippen molar-refractivity contribution >= 4 is 12.1 Å². The van der Waals surface area contributed by atoms with Crippen LogP contribution in [0.3, 0.4) is 0 Å². The fraction of sp³-hybridized carbons (Fsp3) is 0.812. The first-order valence-corrected chi connectivity index (χ1v) is 8.11. The molecule has 6 nitrogen and oxygen atoms in total. The molecule has 4 atom stereocenters. The molecule has 122 valence electrons. The normalized spacial score (nSPS) is 30.9. The van der Waals surface area contributed by atoms with Crippen molar-refractivity contribution < 1.29 is 19.1 Å². The Balaban J connectivity index is 2.18. The molecular formula is C16H24N2O4. The van der Waals surface area contributed by atoms with Gasteiger partial charge in [0.2, 0.25) is 0 Å². The molecular weight excluding hydrogens is 284 g/mol. The van der Waals surface area contributed by atoms with Crippen LogP contribution in [0.4, 0.5) is 4.79 Å². The van der Waals surface area contributed by atoms with Gasteiger partial charge in [0, 0.05) is 12.5 Å². The molecule has 1 saturated heterocycles. The van der Waals surface area contributed by atoms with Gasteiger partial charge in [0.05, 0.1) is 19.3 Å². The first-order chi connectivity index (χ1) is 10.6. The highest BCUT2D eigenvalue weighted by molar-refractivity contribution is 5.82. The topological polar surface area (TPSA) is 79.6 Å². The Morgan fingerprint density at radius 3 is 2.55 bits per heavy atom. The van der Waals surface area contributed by atoms with Gasteiger partial charge in [-0.25, -0.2) is 9.59 Å². The third kappa shape index (κ3) is 3.34. The molecule has 0 spiro atoms. The zero-order valence-electron chi connectivity index (χ0n) is 13.3. The van der Waals surface area contributed by atoms with Crippen LogP contribution in [0.1, 0.15) is 39.5 Å². The molecule has 1 heterocycles. The Labute approximate surface area is 131 Å². The third-order valence-electron chi connectivity index (χ3n) is 4.74. The van der Waals surface area contributed by atoms with E-state index in [0.717, 1.165) is 25.7 Å². The summed E-state index contributed by atoms with van der Waals surface area (Å²) in [6.45, 7) is 4.59. The molecule has 0 bridgehead atoms. The molecule has 22 heavy (non-hydrogen) atoms. The van der Waals surface area contributed by atoms with E-state index in [1.807, 2.05) is 0 Å². The summed E-state index contributed by atoms with van der Waals surface area (Å²) in [6, 6.07) is 1.77. The number of hydrogen-bond acceptors (Lipinski definition) is 5. The van der Waals surface area contributed by atoms with Crippen molar-refractivity contribution in [1.29, 1.82) is 5.26 Å². The number of piperidine rings is 1. The van der Waals surface area contributed by atoms with E-state index in [9.17, 15) is 9.59 Å². The van der Waals surface area contributed by atoms with Crippen LogP contribution in [0.5, 0.6) is 0 Å². The molecule has 0 radical (unpaired) electrons. The van der Waals surface area contributed by atoms with Crippen molar-refractivity contribution in [3.63, 3.8) is 0 Å². The van der Waals surface area contributed by atoms with Crippen LogP contribution in [0.25, 0.3) is 0 Å². The predicted octanol–water partition coefficient (Wildman–Crippen LogP) is 2.34. The lowest BCUT2D eigenvalue weighted by atomic mass is 9.68. The second kappa shape index (κ2) is 7.48. The Hall–Kier alpha value is -1.77. The molecule has 0 N–H and O–H groups in total. The molecule has 6 heteroatoms. The van der Waals surface area contributed by atoms with E-state index in [-0.39, 0.29) is 24.4 Å². The van der Waals surface area contributed by atoms with Crippen molar-refractivity contribution in [2.45, 2.75) is 45.6 Å². The van der Waals surface area contributed by atoms with Crippen LogP contribution in [0, 0.1) is 29.1 Å². The minimum absolute atomic E-state index is 0.0678. The summed E-state index contributed by atoms with van der Waals surface area (Å²) in [7, 11) is 0. The number of likely N-dealkylation sites (tertiary alicyclic amines) is 1. The highest BCUT2D eigenvalue weighted by Gasteiger charge is 2.47. The monoisotopic (exact) mass is 308 g/mol. The number of amides is 1. The summed E-state index contributed by atoms with van der Waals surface area (Å²) in [5, 5.41) is 9.12. The van der Waals surface area contributed by atoms with Gasteiger partial charge in [-0.05, 0) is 51.4 Å². The average Bonchev–Trinajstić information content (AvgIpc) is 2.53. The minimum atomic E-state index is -0.572. The molecule has 2 fully saturated rings. The van der Waals surface area contributed by atoms with E-state index in [2.05, 4.69) is 6.07 Å². The van der Waals surface area contributed by atoms with Crippen molar-refractivity contribution in [3.05, 3.63) is 0 Å². The molecule has 2 rings (SSSR count). The van der Waals surface area contributed by atoms with E-state index in [4.69, 9.17) is 14.7 Å². The molecule has 1 saturated carbocycles. The first-order valence-electron chi connectivity index (χ1n) is 8.11. The van der Waals surface area contributed by atoms with Gasteiger partial charge in [0.1, 0.15) is 6.04 Å². The van der Waals surface area contributed by atoms with E-state index in [0.29, 0.717) is 19.1 Å². The standard InChI is InChI=1S/C16H24N2O4/c1-3-21-15(19)14-13-6-5-11(10-17)9-12(13)7-8-18(14)16(20)22-4-2/h11-14H,3-9H2,1-2H3. The molecule has 1 aliphatic carbocycles. The lowest BCUT2D eigenvalue weighted by Gasteiger charge is -2.46. The van der Waals surface area contributed by atoms with Crippen molar-refractivity contribution in [3.8, 4) is 6.07 Å². The lowest BCUT2D eigenvalue weighted by molar-refractivity contribution is -0.155. The smallest absolute Gasteiger partial charge is 0.410 e. The summed E-state index contributed by atoms with van der Waals surface area (Å²) in [4.78, 5) is 26.1. The largest absolute Gasteiger partial charge is 0.464 e. The van der Waals surface area contributed by atoms with Gasteiger partial charge < -0.3 is 9.47 Å². The summed E-state index contributed by atoms with van der Waals surface area (Å²) < 4.78 is 10.3. The van der Waals surface area contributed by atoms with Crippen LogP contribution < -0.4 is 0 Å². The van der Waals surface area contributed by atoms with Crippen molar-refractivity contribution in [2.75, 3.05) is 19.8 Å². The second-order valence-corrected chi connectivity index (χ2v) is 5.94. The highest BCUT2D eigenvalue weighted by Crippen LogP contribution is 2.42. The molecule has 0 aromatic carbocycles. The zero-order valence-corrected chi connectivity index (χ0v) is 13.3. The number of carbonyl (C=O) groups is 2. The molecule has 4 unspecified atom stereocenters. The fourth-order valence-corrected chi connectivity index (χ4v) is 3.77. The Morgan fingerprint density at radius 1 is 1.18 bits per heavy atom. The number of nitrogens with zero attached hydrogens (tertiary/aromatic N) is 2. The van der Waals surface area contributed by atoms with Crippen LogP contribution in [0.15, 0.2) is 0 Å². The predicted molar refractivity (Wildman–Crippen MR) is 78.7 cm³/mol. The van der Waals surface area contributed by atoms with E-state index < -0.39 is 12.1 Å². The first kappa shape index (κ1) is 16.6. The van der Waals surface area contributed by atoms with Crippen LogP contribution in [-0.2, 0) is 14.3 Å². The van der Waals surface area contributed by atoms with Crippen molar-refractivity contribution in [1.82, 2.24) is 4.90 Å². The van der Waals surface area contributed by atoms with Gasteiger partial charge in [-0.1, -0.05) is 0 Å². The maximum Gasteiger partial charge on any atom is 0.410 e. The molecule has 2 aliphatic rings. The van der Waals surface area contributed by atoms with E-state index in [1.165, 1.54) is 4.90 Å². The number of fused-ring (bicyclic) bond motifs is 1. The Bertz CT molecular complexity index is 460. The second-order valence-electron chi connectivity index (χ2n) is 5.94. The Kier molecular flexibility index (Phi) is 5.64. The summed E-state index contributed by atoms with van der Waals surface area (Å²) >= 11 is 0. The zero-order chi connectivity index (χ0) is 16.1. The maximum absolute atomic E-state index is 12.4. The average molecular weight is 308 g/mol. The highest BCUT2D eigenvalue weighted by atomic mass is 16.6. The van der Waals surface area contributed by atoms with Crippen LogP contribution in [0.2, 0.25) is 0 Å². The van der Waals surface area contributed by atoms with E-state index in [1.54, 1.807) is 13.8 Å². The number of esters is 1. The van der Waals surface area contributed by atoms with Gasteiger partial charge in [-0.3, -0.25) is 4.90 Å². The minimum Gasteiger partial charge on any atom is -0.464 e. The maximum atomic E-state index is 12.4.